The Kier molecular flexibility index (Phi) is 7.89. The first-order chi connectivity index (χ1) is 10.3. The Morgan fingerprint density at radius 3 is 2.76 bits per heavy atom. The zero-order valence-electron chi connectivity index (χ0n) is 13.3. The smallest absolute Gasteiger partial charge is 0.232 e. The van der Waals surface area contributed by atoms with E-state index in [1.165, 1.54) is 32.1 Å². The molecule has 4 nitrogen and oxygen atoms in total. The molecule has 1 unspecified atom stereocenters. The number of rotatable bonds is 7. The first kappa shape index (κ1) is 17.1. The summed E-state index contributed by atoms with van der Waals surface area (Å²) < 4.78 is 5.71. The van der Waals surface area contributed by atoms with Gasteiger partial charge in [-0.2, -0.15) is 0 Å². The molecule has 2 aliphatic rings. The molecular weight excluding hydrogens is 284 g/mol. The van der Waals surface area contributed by atoms with E-state index < -0.39 is 0 Å². The van der Waals surface area contributed by atoms with Gasteiger partial charge >= 0.3 is 0 Å². The van der Waals surface area contributed by atoms with Crippen molar-refractivity contribution in [3.8, 4) is 0 Å². The lowest BCUT2D eigenvalue weighted by molar-refractivity contribution is -0.129. The third-order valence-electron chi connectivity index (χ3n) is 4.57. The Morgan fingerprint density at radius 2 is 2.10 bits per heavy atom. The standard InChI is InChI=1S/C16H30N2O2S/c1-17-8-5-14-6-9-18(10-7-14)16(19)13-21-12-15-4-2-3-11-20-15/h14-15,17H,2-13H2,1H3. The molecule has 0 spiro atoms. The van der Waals surface area contributed by atoms with Crippen LogP contribution in [0.25, 0.3) is 0 Å². The Hall–Kier alpha value is -0.260. The fraction of sp³-hybridized carbons (Fsp3) is 0.938. The van der Waals surface area contributed by atoms with Crippen molar-refractivity contribution in [2.45, 2.75) is 44.6 Å². The number of piperidine rings is 1. The van der Waals surface area contributed by atoms with Crippen molar-refractivity contribution in [2.75, 3.05) is 44.8 Å². The highest BCUT2D eigenvalue weighted by molar-refractivity contribution is 7.99. The van der Waals surface area contributed by atoms with E-state index in [4.69, 9.17) is 4.74 Å². The number of ether oxygens (including phenoxy) is 1. The summed E-state index contributed by atoms with van der Waals surface area (Å²) in [6, 6.07) is 0. The zero-order valence-corrected chi connectivity index (χ0v) is 14.1. The molecule has 1 N–H and O–H groups in total. The van der Waals surface area contributed by atoms with Gasteiger partial charge in [-0.05, 0) is 58.0 Å². The van der Waals surface area contributed by atoms with Crippen molar-refractivity contribution in [3.05, 3.63) is 0 Å². The molecule has 0 aromatic carbocycles. The van der Waals surface area contributed by atoms with Crippen LogP contribution in [0.3, 0.4) is 0 Å². The summed E-state index contributed by atoms with van der Waals surface area (Å²) in [5.74, 6) is 2.72. The van der Waals surface area contributed by atoms with E-state index in [1.54, 1.807) is 11.8 Å². The molecule has 2 aliphatic heterocycles. The molecule has 0 aromatic rings. The Labute approximate surface area is 133 Å². The second kappa shape index (κ2) is 9.70. The van der Waals surface area contributed by atoms with Gasteiger partial charge in [0.25, 0.3) is 0 Å². The van der Waals surface area contributed by atoms with Crippen molar-refractivity contribution < 1.29 is 9.53 Å². The number of amides is 1. The molecule has 2 rings (SSSR count). The van der Waals surface area contributed by atoms with Crippen LogP contribution in [0.4, 0.5) is 0 Å². The second-order valence-electron chi connectivity index (χ2n) is 6.22. The monoisotopic (exact) mass is 314 g/mol. The lowest BCUT2D eigenvalue weighted by Gasteiger charge is -2.32. The molecule has 1 atom stereocenters. The van der Waals surface area contributed by atoms with E-state index in [1.807, 2.05) is 7.05 Å². The van der Waals surface area contributed by atoms with Crippen LogP contribution in [0.2, 0.25) is 0 Å². The minimum Gasteiger partial charge on any atom is -0.377 e. The lowest BCUT2D eigenvalue weighted by Crippen LogP contribution is -2.40. The van der Waals surface area contributed by atoms with E-state index in [9.17, 15) is 4.79 Å². The molecule has 2 saturated heterocycles. The largest absolute Gasteiger partial charge is 0.377 e. The molecule has 0 aromatic heterocycles. The third-order valence-corrected chi connectivity index (χ3v) is 5.63. The average Bonchev–Trinajstić information content (AvgIpc) is 2.54. The molecule has 0 saturated carbocycles. The summed E-state index contributed by atoms with van der Waals surface area (Å²) in [5.41, 5.74) is 0. The van der Waals surface area contributed by atoms with Crippen LogP contribution in [-0.4, -0.2) is 61.7 Å². The average molecular weight is 314 g/mol. The number of nitrogens with zero attached hydrogens (tertiary/aromatic N) is 1. The van der Waals surface area contributed by atoms with Gasteiger partial charge in [0.05, 0.1) is 11.9 Å². The summed E-state index contributed by atoms with van der Waals surface area (Å²) in [4.78, 5) is 14.3. The SMILES string of the molecule is CNCCC1CCN(C(=O)CSCC2CCCCO2)CC1. The highest BCUT2D eigenvalue weighted by Gasteiger charge is 2.22. The van der Waals surface area contributed by atoms with Crippen LogP contribution in [0.5, 0.6) is 0 Å². The van der Waals surface area contributed by atoms with Crippen LogP contribution in [0.1, 0.15) is 38.5 Å². The van der Waals surface area contributed by atoms with Crippen LogP contribution in [0, 0.1) is 5.92 Å². The third kappa shape index (κ3) is 6.17. The molecule has 5 heteroatoms. The zero-order chi connectivity index (χ0) is 14.9. The topological polar surface area (TPSA) is 41.6 Å². The van der Waals surface area contributed by atoms with Gasteiger partial charge in [-0.3, -0.25) is 4.79 Å². The van der Waals surface area contributed by atoms with E-state index in [2.05, 4.69) is 10.2 Å². The van der Waals surface area contributed by atoms with Crippen molar-refractivity contribution >= 4 is 17.7 Å². The normalized spacial score (nSPS) is 24.2. The summed E-state index contributed by atoms with van der Waals surface area (Å²) in [6.45, 7) is 3.90. The van der Waals surface area contributed by atoms with Gasteiger partial charge < -0.3 is 15.0 Å². The molecule has 21 heavy (non-hydrogen) atoms. The molecule has 2 heterocycles. The van der Waals surface area contributed by atoms with Gasteiger partial charge in [0.15, 0.2) is 0 Å². The van der Waals surface area contributed by atoms with E-state index >= 15 is 0 Å². The molecule has 2 fully saturated rings. The van der Waals surface area contributed by atoms with Crippen molar-refractivity contribution in [3.63, 3.8) is 0 Å². The minimum atomic E-state index is 0.322. The maximum atomic E-state index is 12.2. The Bertz CT molecular complexity index is 301. The van der Waals surface area contributed by atoms with Gasteiger partial charge in [0.1, 0.15) is 0 Å². The Balaban J connectivity index is 1.56. The summed E-state index contributed by atoms with van der Waals surface area (Å²) in [5, 5.41) is 3.21. The lowest BCUT2D eigenvalue weighted by atomic mass is 9.93. The van der Waals surface area contributed by atoms with E-state index in [-0.39, 0.29) is 0 Å². The van der Waals surface area contributed by atoms with Gasteiger partial charge in [-0.1, -0.05) is 0 Å². The molecule has 0 aliphatic carbocycles. The quantitative estimate of drug-likeness (QED) is 0.782. The number of hydrogen-bond acceptors (Lipinski definition) is 4. The first-order valence-corrected chi connectivity index (χ1v) is 9.56. The van der Waals surface area contributed by atoms with Crippen LogP contribution < -0.4 is 5.32 Å². The molecule has 1 amide bonds. The maximum Gasteiger partial charge on any atom is 0.232 e. The highest BCUT2D eigenvalue weighted by atomic mass is 32.2. The minimum absolute atomic E-state index is 0.322. The first-order valence-electron chi connectivity index (χ1n) is 8.41. The maximum absolute atomic E-state index is 12.2. The number of nitrogens with one attached hydrogen (secondary N) is 1. The van der Waals surface area contributed by atoms with Gasteiger partial charge in [-0.15, -0.1) is 11.8 Å². The van der Waals surface area contributed by atoms with E-state index in [0.29, 0.717) is 17.8 Å². The molecule has 0 bridgehead atoms. The number of likely N-dealkylation sites (tertiary alicyclic amines) is 1. The summed E-state index contributed by atoms with van der Waals surface area (Å²) in [7, 11) is 2.01. The van der Waals surface area contributed by atoms with Gasteiger partial charge in [-0.25, -0.2) is 0 Å². The van der Waals surface area contributed by atoms with Crippen LogP contribution in [0.15, 0.2) is 0 Å². The number of hydrogen-bond donors (Lipinski definition) is 1. The fourth-order valence-corrected chi connectivity index (χ4v) is 4.13. The van der Waals surface area contributed by atoms with Crippen molar-refractivity contribution in [2.24, 2.45) is 5.92 Å². The Morgan fingerprint density at radius 1 is 1.29 bits per heavy atom. The van der Waals surface area contributed by atoms with Crippen molar-refractivity contribution in [1.29, 1.82) is 0 Å². The number of carbonyl (C=O) groups excluding carboxylic acids is 1. The predicted octanol–water partition coefficient (Wildman–Crippen LogP) is 2.14. The summed E-state index contributed by atoms with van der Waals surface area (Å²) >= 11 is 1.75. The number of carbonyl (C=O) groups is 1. The summed E-state index contributed by atoms with van der Waals surface area (Å²) in [6.07, 6.45) is 7.60. The molecule has 122 valence electrons. The van der Waals surface area contributed by atoms with Gasteiger partial charge in [0.2, 0.25) is 5.91 Å². The number of thioether (sulfide) groups is 1. The van der Waals surface area contributed by atoms with Gasteiger partial charge in [0, 0.05) is 25.4 Å². The van der Waals surface area contributed by atoms with Crippen molar-refractivity contribution in [1.82, 2.24) is 10.2 Å². The predicted molar refractivity (Wildman–Crippen MR) is 88.8 cm³/mol. The van der Waals surface area contributed by atoms with E-state index in [0.717, 1.165) is 44.3 Å². The fourth-order valence-electron chi connectivity index (χ4n) is 3.13. The highest BCUT2D eigenvalue weighted by Crippen LogP contribution is 2.21. The molecule has 0 radical (unpaired) electrons. The van der Waals surface area contributed by atoms with Crippen LogP contribution in [-0.2, 0) is 9.53 Å². The second-order valence-corrected chi connectivity index (χ2v) is 7.25. The van der Waals surface area contributed by atoms with Crippen LogP contribution >= 0.6 is 11.8 Å². The molecular formula is C16H30N2O2S.